The zero-order valence-electron chi connectivity index (χ0n) is 10.7. The molecule has 1 unspecified atom stereocenters. The van der Waals surface area contributed by atoms with Crippen LogP contribution in [0.4, 0.5) is 0 Å². The van der Waals surface area contributed by atoms with Crippen LogP contribution in [0.25, 0.3) is 0 Å². The highest BCUT2D eigenvalue weighted by molar-refractivity contribution is 5.43. The molecule has 1 fully saturated rings. The molecule has 0 amide bonds. The third-order valence-corrected chi connectivity index (χ3v) is 3.78. The Bertz CT molecular complexity index is 437. The van der Waals surface area contributed by atoms with Gasteiger partial charge in [-0.15, -0.1) is 0 Å². The van der Waals surface area contributed by atoms with Crippen LogP contribution >= 0.6 is 0 Å². The van der Waals surface area contributed by atoms with E-state index in [1.807, 2.05) is 6.07 Å². The molecule has 0 bridgehead atoms. The number of hydrogen-bond donors (Lipinski definition) is 1. The minimum absolute atomic E-state index is 0.593. The first-order valence-corrected chi connectivity index (χ1v) is 6.44. The SMILES string of the molecule is Cc1cc(C#N)cc(CC2CCCCN2)c1C. The second kappa shape index (κ2) is 5.33. The van der Waals surface area contributed by atoms with Gasteiger partial charge in [-0.1, -0.05) is 6.42 Å². The minimum atomic E-state index is 0.593. The molecule has 1 atom stereocenters. The smallest absolute Gasteiger partial charge is 0.0991 e. The average Bonchev–Trinajstić information content (AvgIpc) is 2.36. The lowest BCUT2D eigenvalue weighted by Crippen LogP contribution is -2.35. The van der Waals surface area contributed by atoms with Gasteiger partial charge in [-0.2, -0.15) is 5.26 Å². The molecule has 0 aliphatic carbocycles. The van der Waals surface area contributed by atoms with E-state index in [4.69, 9.17) is 5.26 Å². The van der Waals surface area contributed by atoms with E-state index in [1.165, 1.54) is 36.0 Å². The van der Waals surface area contributed by atoms with Gasteiger partial charge in [0.05, 0.1) is 11.6 Å². The van der Waals surface area contributed by atoms with E-state index >= 15 is 0 Å². The number of nitriles is 1. The van der Waals surface area contributed by atoms with E-state index in [-0.39, 0.29) is 0 Å². The summed E-state index contributed by atoms with van der Waals surface area (Å²) >= 11 is 0. The Labute approximate surface area is 104 Å². The van der Waals surface area contributed by atoms with Crippen molar-refractivity contribution in [3.63, 3.8) is 0 Å². The monoisotopic (exact) mass is 228 g/mol. The van der Waals surface area contributed by atoms with Crippen molar-refractivity contribution in [2.75, 3.05) is 6.54 Å². The van der Waals surface area contributed by atoms with Gasteiger partial charge < -0.3 is 5.32 Å². The zero-order valence-corrected chi connectivity index (χ0v) is 10.7. The van der Waals surface area contributed by atoms with Crippen molar-refractivity contribution in [3.8, 4) is 6.07 Å². The molecule has 2 nitrogen and oxygen atoms in total. The molecule has 90 valence electrons. The summed E-state index contributed by atoms with van der Waals surface area (Å²) in [6.45, 7) is 5.39. The molecular weight excluding hydrogens is 208 g/mol. The summed E-state index contributed by atoms with van der Waals surface area (Å²) in [6, 6.07) is 6.88. The molecule has 1 aromatic carbocycles. The average molecular weight is 228 g/mol. The Morgan fingerprint density at radius 1 is 1.35 bits per heavy atom. The van der Waals surface area contributed by atoms with Gasteiger partial charge in [0.2, 0.25) is 0 Å². The molecule has 1 aromatic rings. The first-order valence-electron chi connectivity index (χ1n) is 6.44. The summed E-state index contributed by atoms with van der Waals surface area (Å²) < 4.78 is 0. The predicted molar refractivity (Wildman–Crippen MR) is 70.0 cm³/mol. The van der Waals surface area contributed by atoms with E-state index in [0.717, 1.165) is 18.5 Å². The molecule has 1 N–H and O–H groups in total. The highest BCUT2D eigenvalue weighted by Gasteiger charge is 2.15. The maximum atomic E-state index is 9.02. The lowest BCUT2D eigenvalue weighted by molar-refractivity contribution is 0.399. The van der Waals surface area contributed by atoms with Crippen molar-refractivity contribution in [1.82, 2.24) is 5.32 Å². The summed E-state index contributed by atoms with van der Waals surface area (Å²) in [5, 5.41) is 12.6. The Kier molecular flexibility index (Phi) is 3.81. The zero-order chi connectivity index (χ0) is 12.3. The number of rotatable bonds is 2. The molecule has 1 heterocycles. The van der Waals surface area contributed by atoms with Crippen molar-refractivity contribution in [2.24, 2.45) is 0 Å². The normalized spacial score (nSPS) is 19.9. The second-order valence-corrected chi connectivity index (χ2v) is 5.04. The highest BCUT2D eigenvalue weighted by Crippen LogP contribution is 2.20. The van der Waals surface area contributed by atoms with Crippen LogP contribution in [-0.2, 0) is 6.42 Å². The van der Waals surface area contributed by atoms with Crippen molar-refractivity contribution in [1.29, 1.82) is 5.26 Å². The van der Waals surface area contributed by atoms with Crippen LogP contribution in [0.5, 0.6) is 0 Å². The maximum absolute atomic E-state index is 9.02. The lowest BCUT2D eigenvalue weighted by atomic mass is 9.92. The van der Waals surface area contributed by atoms with Crippen LogP contribution in [-0.4, -0.2) is 12.6 Å². The number of hydrogen-bond acceptors (Lipinski definition) is 2. The summed E-state index contributed by atoms with van der Waals surface area (Å²) in [6.07, 6.45) is 4.94. The molecule has 0 spiro atoms. The molecule has 0 aromatic heterocycles. The molecular formula is C15H20N2. The molecule has 17 heavy (non-hydrogen) atoms. The molecule has 0 radical (unpaired) electrons. The van der Waals surface area contributed by atoms with Crippen molar-refractivity contribution >= 4 is 0 Å². The molecule has 2 heteroatoms. The quantitative estimate of drug-likeness (QED) is 0.845. The molecule has 1 aliphatic rings. The van der Waals surface area contributed by atoms with Crippen LogP contribution < -0.4 is 5.32 Å². The van der Waals surface area contributed by atoms with Gasteiger partial charge in [0, 0.05) is 6.04 Å². The van der Waals surface area contributed by atoms with E-state index in [2.05, 4.69) is 31.3 Å². The number of nitrogens with one attached hydrogen (secondary N) is 1. The van der Waals surface area contributed by atoms with Gasteiger partial charge in [0.25, 0.3) is 0 Å². The van der Waals surface area contributed by atoms with Gasteiger partial charge in [-0.05, 0) is 68.5 Å². The van der Waals surface area contributed by atoms with Crippen LogP contribution in [0.3, 0.4) is 0 Å². The van der Waals surface area contributed by atoms with Gasteiger partial charge in [-0.25, -0.2) is 0 Å². The fourth-order valence-corrected chi connectivity index (χ4v) is 2.57. The van der Waals surface area contributed by atoms with Crippen LogP contribution in [0, 0.1) is 25.2 Å². The van der Waals surface area contributed by atoms with E-state index in [1.54, 1.807) is 0 Å². The Morgan fingerprint density at radius 2 is 2.18 bits per heavy atom. The van der Waals surface area contributed by atoms with Crippen molar-refractivity contribution in [3.05, 3.63) is 34.4 Å². The van der Waals surface area contributed by atoms with Crippen molar-refractivity contribution in [2.45, 2.75) is 45.6 Å². The third-order valence-electron chi connectivity index (χ3n) is 3.78. The molecule has 1 aliphatic heterocycles. The van der Waals surface area contributed by atoms with Crippen LogP contribution in [0.2, 0.25) is 0 Å². The topological polar surface area (TPSA) is 35.8 Å². The van der Waals surface area contributed by atoms with Gasteiger partial charge in [0.15, 0.2) is 0 Å². The van der Waals surface area contributed by atoms with E-state index in [0.29, 0.717) is 6.04 Å². The summed E-state index contributed by atoms with van der Waals surface area (Å²) in [5.74, 6) is 0. The summed E-state index contributed by atoms with van der Waals surface area (Å²) in [4.78, 5) is 0. The minimum Gasteiger partial charge on any atom is -0.314 e. The van der Waals surface area contributed by atoms with E-state index in [9.17, 15) is 0 Å². The lowest BCUT2D eigenvalue weighted by Gasteiger charge is -2.24. The largest absolute Gasteiger partial charge is 0.314 e. The fraction of sp³-hybridized carbons (Fsp3) is 0.533. The van der Waals surface area contributed by atoms with Crippen molar-refractivity contribution < 1.29 is 0 Å². The maximum Gasteiger partial charge on any atom is 0.0991 e. The number of aryl methyl sites for hydroxylation is 1. The van der Waals surface area contributed by atoms with Gasteiger partial charge in [-0.3, -0.25) is 0 Å². The fourth-order valence-electron chi connectivity index (χ4n) is 2.57. The highest BCUT2D eigenvalue weighted by atomic mass is 14.9. The predicted octanol–water partition coefficient (Wildman–Crippen LogP) is 2.86. The van der Waals surface area contributed by atoms with Crippen LogP contribution in [0.15, 0.2) is 12.1 Å². The number of piperidine rings is 1. The second-order valence-electron chi connectivity index (χ2n) is 5.04. The molecule has 1 saturated heterocycles. The van der Waals surface area contributed by atoms with E-state index < -0.39 is 0 Å². The number of benzene rings is 1. The first-order chi connectivity index (χ1) is 8.20. The Balaban J connectivity index is 2.19. The third kappa shape index (κ3) is 2.87. The van der Waals surface area contributed by atoms with Gasteiger partial charge in [0.1, 0.15) is 0 Å². The summed E-state index contributed by atoms with van der Waals surface area (Å²) in [7, 11) is 0. The summed E-state index contributed by atoms with van der Waals surface area (Å²) in [5.41, 5.74) is 4.70. The molecule has 2 rings (SSSR count). The standard InChI is InChI=1S/C15H20N2/c1-11-7-13(10-16)8-14(12(11)2)9-15-5-3-4-6-17-15/h7-8,15,17H,3-6,9H2,1-2H3. The number of nitrogens with zero attached hydrogens (tertiary/aromatic N) is 1. The Hall–Kier alpha value is -1.33. The Morgan fingerprint density at radius 3 is 2.82 bits per heavy atom. The van der Waals surface area contributed by atoms with Gasteiger partial charge >= 0.3 is 0 Å². The molecule has 0 saturated carbocycles. The first kappa shape index (κ1) is 12.1. The van der Waals surface area contributed by atoms with Crippen LogP contribution in [0.1, 0.15) is 41.5 Å².